The molecular formula is C16H21N3O. The van der Waals surface area contributed by atoms with Gasteiger partial charge in [0.05, 0.1) is 6.04 Å². The van der Waals surface area contributed by atoms with Gasteiger partial charge < -0.3 is 10.0 Å². The van der Waals surface area contributed by atoms with Crippen molar-refractivity contribution in [3.8, 4) is 0 Å². The van der Waals surface area contributed by atoms with Crippen LogP contribution in [-0.2, 0) is 0 Å². The molecule has 2 rings (SSSR count). The van der Waals surface area contributed by atoms with Crippen LogP contribution in [0, 0.1) is 13.8 Å². The molecule has 0 saturated carbocycles. The number of aliphatic hydroxyl groups excluding tert-OH is 1. The first kappa shape index (κ1) is 14.5. The van der Waals surface area contributed by atoms with Gasteiger partial charge in [0, 0.05) is 25.0 Å². The molecule has 0 bridgehead atoms. The Morgan fingerprint density at radius 2 is 1.70 bits per heavy atom. The molecule has 0 spiro atoms. The molecule has 0 saturated heterocycles. The molecule has 1 atom stereocenters. The molecule has 0 aliphatic carbocycles. The molecule has 1 aromatic carbocycles. The van der Waals surface area contributed by atoms with Crippen LogP contribution in [0.3, 0.4) is 0 Å². The van der Waals surface area contributed by atoms with Gasteiger partial charge in [-0.15, -0.1) is 0 Å². The second kappa shape index (κ2) is 6.48. The summed E-state index contributed by atoms with van der Waals surface area (Å²) in [6.07, 6.45) is 0.650. The van der Waals surface area contributed by atoms with E-state index in [4.69, 9.17) is 0 Å². The summed E-state index contributed by atoms with van der Waals surface area (Å²) in [5.41, 5.74) is 3.07. The van der Waals surface area contributed by atoms with Gasteiger partial charge >= 0.3 is 0 Å². The van der Waals surface area contributed by atoms with Gasteiger partial charge in [-0.3, -0.25) is 0 Å². The van der Waals surface area contributed by atoms with Crippen molar-refractivity contribution in [3.63, 3.8) is 0 Å². The summed E-state index contributed by atoms with van der Waals surface area (Å²) >= 11 is 0. The van der Waals surface area contributed by atoms with Crippen LogP contribution in [0.2, 0.25) is 0 Å². The van der Waals surface area contributed by atoms with Gasteiger partial charge in [0.25, 0.3) is 0 Å². The Morgan fingerprint density at radius 1 is 1.10 bits per heavy atom. The fraction of sp³-hybridized carbons (Fsp3) is 0.375. The van der Waals surface area contributed by atoms with Gasteiger partial charge in [0.15, 0.2) is 0 Å². The maximum Gasteiger partial charge on any atom is 0.226 e. The largest absolute Gasteiger partial charge is 0.396 e. The lowest BCUT2D eigenvalue weighted by Gasteiger charge is -2.28. The number of aryl methyl sites for hydroxylation is 2. The van der Waals surface area contributed by atoms with Gasteiger partial charge in [0.2, 0.25) is 5.95 Å². The van der Waals surface area contributed by atoms with Crippen LogP contribution in [-0.4, -0.2) is 28.7 Å². The molecule has 0 radical (unpaired) electrons. The predicted molar refractivity (Wildman–Crippen MR) is 80.8 cm³/mol. The van der Waals surface area contributed by atoms with Crippen molar-refractivity contribution in [2.45, 2.75) is 26.3 Å². The van der Waals surface area contributed by atoms with Crippen molar-refractivity contribution in [3.05, 3.63) is 53.3 Å². The second-order valence-electron chi connectivity index (χ2n) is 5.00. The Kier molecular flexibility index (Phi) is 4.69. The van der Waals surface area contributed by atoms with E-state index in [9.17, 15) is 5.11 Å². The highest BCUT2D eigenvalue weighted by molar-refractivity contribution is 5.36. The first-order chi connectivity index (χ1) is 9.61. The Labute approximate surface area is 120 Å². The summed E-state index contributed by atoms with van der Waals surface area (Å²) < 4.78 is 0. The molecule has 0 fully saturated rings. The number of benzene rings is 1. The molecule has 0 aliphatic heterocycles. The first-order valence-electron chi connectivity index (χ1n) is 6.82. The normalized spacial score (nSPS) is 12.2. The van der Waals surface area contributed by atoms with Crippen LogP contribution >= 0.6 is 0 Å². The number of nitrogens with zero attached hydrogens (tertiary/aromatic N) is 3. The van der Waals surface area contributed by atoms with E-state index in [0.29, 0.717) is 12.4 Å². The number of hydrogen-bond acceptors (Lipinski definition) is 4. The Morgan fingerprint density at radius 3 is 2.25 bits per heavy atom. The van der Waals surface area contributed by atoms with E-state index < -0.39 is 0 Å². The molecule has 0 amide bonds. The van der Waals surface area contributed by atoms with Crippen LogP contribution in [0.1, 0.15) is 29.4 Å². The zero-order valence-corrected chi connectivity index (χ0v) is 12.2. The maximum atomic E-state index is 9.34. The zero-order chi connectivity index (χ0) is 14.5. The lowest BCUT2D eigenvalue weighted by atomic mass is 10.0. The molecule has 20 heavy (non-hydrogen) atoms. The van der Waals surface area contributed by atoms with Crippen molar-refractivity contribution in [2.24, 2.45) is 0 Å². The molecule has 4 heteroatoms. The second-order valence-corrected chi connectivity index (χ2v) is 5.00. The topological polar surface area (TPSA) is 49.2 Å². The minimum Gasteiger partial charge on any atom is -0.396 e. The summed E-state index contributed by atoms with van der Waals surface area (Å²) in [5, 5.41) is 9.34. The van der Waals surface area contributed by atoms with E-state index in [1.807, 2.05) is 50.1 Å². The van der Waals surface area contributed by atoms with Gasteiger partial charge in [-0.05, 0) is 31.9 Å². The van der Waals surface area contributed by atoms with Crippen molar-refractivity contribution in [2.75, 3.05) is 18.6 Å². The van der Waals surface area contributed by atoms with Crippen molar-refractivity contribution in [1.82, 2.24) is 9.97 Å². The number of aromatic nitrogens is 2. The smallest absolute Gasteiger partial charge is 0.226 e. The highest BCUT2D eigenvalue weighted by atomic mass is 16.3. The third-order valence-corrected chi connectivity index (χ3v) is 3.34. The van der Waals surface area contributed by atoms with Crippen molar-refractivity contribution in [1.29, 1.82) is 0 Å². The molecule has 4 nitrogen and oxygen atoms in total. The van der Waals surface area contributed by atoms with Crippen LogP contribution in [0.5, 0.6) is 0 Å². The quantitative estimate of drug-likeness (QED) is 0.908. The van der Waals surface area contributed by atoms with Crippen LogP contribution in [0.25, 0.3) is 0 Å². The summed E-state index contributed by atoms with van der Waals surface area (Å²) in [6.45, 7) is 4.07. The highest BCUT2D eigenvalue weighted by Crippen LogP contribution is 2.26. The van der Waals surface area contributed by atoms with Crippen LogP contribution in [0.4, 0.5) is 5.95 Å². The summed E-state index contributed by atoms with van der Waals surface area (Å²) in [7, 11) is 1.97. The third-order valence-electron chi connectivity index (χ3n) is 3.34. The van der Waals surface area contributed by atoms with E-state index in [1.165, 1.54) is 0 Å². The average molecular weight is 271 g/mol. The predicted octanol–water partition coefficient (Wildman–Crippen LogP) is 2.65. The standard InChI is InChI=1S/C16H21N3O/c1-12-11-13(2)18-16(17-12)19(3)15(9-10-20)14-7-5-4-6-8-14/h4-8,11,15,20H,9-10H2,1-3H3/t15-/m1/s1. The lowest BCUT2D eigenvalue weighted by molar-refractivity contribution is 0.274. The molecule has 1 N–H and O–H groups in total. The van der Waals surface area contributed by atoms with E-state index in [0.717, 1.165) is 17.0 Å². The van der Waals surface area contributed by atoms with Crippen LogP contribution in [0.15, 0.2) is 36.4 Å². The van der Waals surface area contributed by atoms with Crippen molar-refractivity contribution < 1.29 is 5.11 Å². The number of anilines is 1. The van der Waals surface area contributed by atoms with Crippen molar-refractivity contribution >= 4 is 5.95 Å². The van der Waals surface area contributed by atoms with E-state index in [-0.39, 0.29) is 12.6 Å². The average Bonchev–Trinajstić information content (AvgIpc) is 2.44. The Bertz CT molecular complexity index is 537. The summed E-state index contributed by atoms with van der Waals surface area (Å²) in [4.78, 5) is 11.0. The highest BCUT2D eigenvalue weighted by Gasteiger charge is 2.19. The first-order valence-corrected chi connectivity index (χ1v) is 6.82. The molecule has 0 unspecified atom stereocenters. The maximum absolute atomic E-state index is 9.34. The number of hydrogen-bond donors (Lipinski definition) is 1. The molecule has 0 aliphatic rings. The minimum absolute atomic E-state index is 0.0717. The fourth-order valence-corrected chi connectivity index (χ4v) is 2.39. The Hall–Kier alpha value is -1.94. The third kappa shape index (κ3) is 3.33. The molecule has 1 aromatic heterocycles. The van der Waals surface area contributed by atoms with Gasteiger partial charge in [-0.25, -0.2) is 9.97 Å². The molecule has 1 heterocycles. The Balaban J connectivity index is 2.33. The monoisotopic (exact) mass is 271 g/mol. The fourth-order valence-electron chi connectivity index (χ4n) is 2.39. The lowest BCUT2D eigenvalue weighted by Crippen LogP contribution is -2.27. The molecular weight excluding hydrogens is 250 g/mol. The molecule has 106 valence electrons. The SMILES string of the molecule is Cc1cc(C)nc(N(C)[C@H](CCO)c2ccccc2)n1. The summed E-state index contributed by atoms with van der Waals surface area (Å²) in [6, 6.07) is 12.2. The molecule has 2 aromatic rings. The van der Waals surface area contributed by atoms with E-state index >= 15 is 0 Å². The number of aliphatic hydroxyl groups is 1. The minimum atomic E-state index is 0.0717. The van der Waals surface area contributed by atoms with E-state index in [1.54, 1.807) is 0 Å². The van der Waals surface area contributed by atoms with Gasteiger partial charge in [-0.1, -0.05) is 30.3 Å². The van der Waals surface area contributed by atoms with E-state index in [2.05, 4.69) is 22.1 Å². The number of rotatable bonds is 5. The zero-order valence-electron chi connectivity index (χ0n) is 12.2. The van der Waals surface area contributed by atoms with Gasteiger partial charge in [-0.2, -0.15) is 0 Å². The summed E-state index contributed by atoms with van der Waals surface area (Å²) in [5.74, 6) is 0.699. The van der Waals surface area contributed by atoms with Crippen LogP contribution < -0.4 is 4.90 Å². The van der Waals surface area contributed by atoms with Gasteiger partial charge in [0.1, 0.15) is 0 Å².